The molecule has 4 nitrogen and oxygen atoms in total. The maximum absolute atomic E-state index is 12.9. The molecule has 2 heterocycles. The Kier molecular flexibility index (Phi) is 3.75. The first-order valence-corrected chi connectivity index (χ1v) is 6.98. The van der Waals surface area contributed by atoms with Crippen molar-refractivity contribution in [2.45, 2.75) is 12.8 Å². The lowest BCUT2D eigenvalue weighted by atomic mass is 10.1. The molecule has 0 saturated carbocycles. The lowest BCUT2D eigenvalue weighted by Gasteiger charge is -2.13. The fourth-order valence-electron chi connectivity index (χ4n) is 2.35. The van der Waals surface area contributed by atoms with Gasteiger partial charge in [0.1, 0.15) is 11.6 Å². The number of aromatic nitrogens is 2. The summed E-state index contributed by atoms with van der Waals surface area (Å²) in [5.74, 6) is 0.510. The maximum Gasteiger partial charge on any atom is 0.198 e. The van der Waals surface area contributed by atoms with Crippen LogP contribution in [0.1, 0.15) is 11.3 Å². The second kappa shape index (κ2) is 5.68. The molecule has 1 aromatic heterocycles. The van der Waals surface area contributed by atoms with Crippen molar-refractivity contribution < 1.29 is 4.39 Å². The van der Waals surface area contributed by atoms with Gasteiger partial charge in [-0.15, -0.1) is 0 Å². The van der Waals surface area contributed by atoms with Gasteiger partial charge < -0.3 is 15.6 Å². The van der Waals surface area contributed by atoms with Gasteiger partial charge in [-0.1, -0.05) is 0 Å². The highest BCUT2D eigenvalue weighted by atomic mass is 32.1. The molecule has 3 rings (SSSR count). The number of hydrogen-bond acceptors (Lipinski definition) is 4. The summed E-state index contributed by atoms with van der Waals surface area (Å²) < 4.78 is 13.4. The van der Waals surface area contributed by atoms with Crippen molar-refractivity contribution >= 4 is 23.7 Å². The van der Waals surface area contributed by atoms with E-state index >= 15 is 0 Å². The summed E-state index contributed by atoms with van der Waals surface area (Å²) in [4.78, 5) is 7.54. The summed E-state index contributed by atoms with van der Waals surface area (Å²) in [7, 11) is 0. The average Bonchev–Trinajstić information content (AvgIpc) is 2.66. The first-order valence-electron chi connectivity index (χ1n) is 6.58. The van der Waals surface area contributed by atoms with E-state index in [9.17, 15) is 4.39 Å². The van der Waals surface area contributed by atoms with Gasteiger partial charge in [0, 0.05) is 29.9 Å². The van der Waals surface area contributed by atoms with E-state index in [0.717, 1.165) is 48.7 Å². The predicted octanol–water partition coefficient (Wildman–Crippen LogP) is 2.71. The van der Waals surface area contributed by atoms with Gasteiger partial charge in [-0.3, -0.25) is 0 Å². The summed E-state index contributed by atoms with van der Waals surface area (Å²) in [6.07, 6.45) is 1.79. The molecular weight excluding hydrogens is 275 g/mol. The highest BCUT2D eigenvalue weighted by Crippen LogP contribution is 2.22. The number of aromatic amines is 1. The molecule has 1 aromatic carbocycles. The Morgan fingerprint density at radius 2 is 1.90 bits per heavy atom. The van der Waals surface area contributed by atoms with Crippen molar-refractivity contribution in [3.8, 4) is 0 Å². The lowest BCUT2D eigenvalue weighted by Crippen LogP contribution is -2.16. The van der Waals surface area contributed by atoms with Crippen LogP contribution in [0.15, 0.2) is 24.3 Å². The largest absolute Gasteiger partial charge is 0.340 e. The number of nitrogens with zero attached hydrogens (tertiary/aromatic N) is 1. The van der Waals surface area contributed by atoms with E-state index in [1.807, 2.05) is 0 Å². The number of halogens is 1. The van der Waals surface area contributed by atoms with Crippen LogP contribution < -0.4 is 10.6 Å². The van der Waals surface area contributed by atoms with Gasteiger partial charge in [-0.2, -0.15) is 0 Å². The molecule has 20 heavy (non-hydrogen) atoms. The summed E-state index contributed by atoms with van der Waals surface area (Å²) in [6, 6.07) is 6.23. The van der Waals surface area contributed by atoms with Crippen molar-refractivity contribution in [3.05, 3.63) is 46.1 Å². The van der Waals surface area contributed by atoms with Crippen LogP contribution in [-0.4, -0.2) is 23.1 Å². The van der Waals surface area contributed by atoms with Crippen molar-refractivity contribution in [1.29, 1.82) is 0 Å². The van der Waals surface area contributed by atoms with E-state index in [4.69, 9.17) is 12.2 Å². The quantitative estimate of drug-likeness (QED) is 0.744. The van der Waals surface area contributed by atoms with E-state index in [-0.39, 0.29) is 5.82 Å². The molecular formula is C14H15FN4S. The van der Waals surface area contributed by atoms with Crippen molar-refractivity contribution in [2.75, 3.05) is 18.4 Å². The monoisotopic (exact) mass is 290 g/mol. The Bertz CT molecular complexity index is 666. The molecule has 0 fully saturated rings. The molecule has 1 aliphatic rings. The third-order valence-electron chi connectivity index (χ3n) is 3.33. The summed E-state index contributed by atoms with van der Waals surface area (Å²) in [5, 5.41) is 6.59. The molecule has 6 heteroatoms. The second-order valence-corrected chi connectivity index (χ2v) is 5.12. The minimum atomic E-state index is -0.253. The Morgan fingerprint density at radius 3 is 2.70 bits per heavy atom. The van der Waals surface area contributed by atoms with E-state index in [1.54, 1.807) is 12.1 Å². The third-order valence-corrected chi connectivity index (χ3v) is 3.53. The lowest BCUT2D eigenvalue weighted by molar-refractivity contribution is 0.628. The van der Waals surface area contributed by atoms with Crippen LogP contribution in [0.3, 0.4) is 0 Å². The Labute approximate surface area is 121 Å². The van der Waals surface area contributed by atoms with Crippen LogP contribution in [0.5, 0.6) is 0 Å². The molecule has 3 N–H and O–H groups in total. The van der Waals surface area contributed by atoms with E-state index < -0.39 is 0 Å². The smallest absolute Gasteiger partial charge is 0.198 e. The Balaban J connectivity index is 1.98. The summed E-state index contributed by atoms with van der Waals surface area (Å²) in [5.41, 5.74) is 3.08. The van der Waals surface area contributed by atoms with Crippen molar-refractivity contribution in [1.82, 2.24) is 15.3 Å². The van der Waals surface area contributed by atoms with Gasteiger partial charge in [-0.05, 0) is 49.4 Å². The van der Waals surface area contributed by atoms with Crippen LogP contribution >= 0.6 is 12.2 Å². The fourth-order valence-corrected chi connectivity index (χ4v) is 2.57. The molecule has 0 aliphatic carbocycles. The van der Waals surface area contributed by atoms with Crippen molar-refractivity contribution in [2.24, 2.45) is 0 Å². The molecule has 0 saturated heterocycles. The van der Waals surface area contributed by atoms with E-state index in [1.165, 1.54) is 12.1 Å². The number of benzene rings is 1. The van der Waals surface area contributed by atoms with Gasteiger partial charge in [0.25, 0.3) is 0 Å². The van der Waals surface area contributed by atoms with Gasteiger partial charge in [-0.25, -0.2) is 9.37 Å². The number of anilines is 2. The first kappa shape index (κ1) is 13.2. The molecule has 2 aromatic rings. The number of nitrogens with one attached hydrogen (secondary N) is 3. The minimum Gasteiger partial charge on any atom is -0.340 e. The zero-order valence-corrected chi connectivity index (χ0v) is 11.7. The zero-order chi connectivity index (χ0) is 13.9. The molecule has 104 valence electrons. The second-order valence-electron chi connectivity index (χ2n) is 4.73. The van der Waals surface area contributed by atoms with Gasteiger partial charge >= 0.3 is 0 Å². The average molecular weight is 290 g/mol. The van der Waals surface area contributed by atoms with Gasteiger partial charge in [0.05, 0.1) is 0 Å². The standard InChI is InChI=1S/C14H15FN4S/c15-9-1-3-10(4-2-9)17-13-11-5-7-16-8-6-12(11)18-14(20)19-13/h1-4,16H,5-8H2,(H2,17,18,19,20). The minimum absolute atomic E-state index is 0.253. The SMILES string of the molecule is Fc1ccc(Nc2nc(=S)[nH]c3c2CCNCC3)cc1. The van der Waals surface area contributed by atoms with E-state index in [0.29, 0.717) is 4.77 Å². The van der Waals surface area contributed by atoms with Crippen LogP contribution in [0.2, 0.25) is 0 Å². The molecule has 0 amide bonds. The van der Waals surface area contributed by atoms with Gasteiger partial charge in [0.2, 0.25) is 0 Å². The van der Waals surface area contributed by atoms with Crippen LogP contribution in [0.4, 0.5) is 15.9 Å². The topological polar surface area (TPSA) is 52.7 Å². The number of hydrogen-bond donors (Lipinski definition) is 3. The third kappa shape index (κ3) is 2.86. The molecule has 0 atom stereocenters. The molecule has 0 unspecified atom stereocenters. The highest BCUT2D eigenvalue weighted by Gasteiger charge is 2.14. The fraction of sp³-hybridized carbons (Fsp3) is 0.286. The summed E-state index contributed by atoms with van der Waals surface area (Å²) >= 11 is 5.18. The van der Waals surface area contributed by atoms with E-state index in [2.05, 4.69) is 20.6 Å². The zero-order valence-electron chi connectivity index (χ0n) is 10.9. The molecule has 1 aliphatic heterocycles. The van der Waals surface area contributed by atoms with Gasteiger partial charge in [0.15, 0.2) is 4.77 Å². The highest BCUT2D eigenvalue weighted by molar-refractivity contribution is 7.71. The molecule has 0 radical (unpaired) electrons. The van der Waals surface area contributed by atoms with Crippen LogP contribution in [0.25, 0.3) is 0 Å². The van der Waals surface area contributed by atoms with Crippen LogP contribution in [0, 0.1) is 10.6 Å². The molecule has 0 spiro atoms. The number of H-pyrrole nitrogens is 1. The normalized spacial score (nSPS) is 14.4. The van der Waals surface area contributed by atoms with Crippen LogP contribution in [-0.2, 0) is 12.8 Å². The number of fused-ring (bicyclic) bond motifs is 1. The maximum atomic E-state index is 12.9. The predicted molar refractivity (Wildman–Crippen MR) is 79.4 cm³/mol. The Morgan fingerprint density at radius 1 is 1.15 bits per heavy atom. The summed E-state index contributed by atoms with van der Waals surface area (Å²) in [6.45, 7) is 1.84. The first-order chi connectivity index (χ1) is 9.72. The number of rotatable bonds is 2. The van der Waals surface area contributed by atoms with Crippen molar-refractivity contribution in [3.63, 3.8) is 0 Å². The Hall–Kier alpha value is -1.79. The molecule has 0 bridgehead atoms.